The first-order chi connectivity index (χ1) is 13.5. The standard InChI is InChI=1S/C20H19N3O4S/c1-2-22-28(25,26)19-5-3-4-15(14-19)20(24)23-16-6-8-17(9-7-16)27-18-10-12-21-13-11-18/h3-14,22H,2H2,1H3,(H,23,24). The van der Waals surface area contributed by atoms with Gasteiger partial charge < -0.3 is 10.1 Å². The minimum Gasteiger partial charge on any atom is -0.457 e. The minimum absolute atomic E-state index is 0.0445. The number of benzene rings is 2. The molecule has 0 radical (unpaired) electrons. The molecule has 1 amide bonds. The highest BCUT2D eigenvalue weighted by Crippen LogP contribution is 2.22. The molecule has 144 valence electrons. The summed E-state index contributed by atoms with van der Waals surface area (Å²) in [5.41, 5.74) is 0.808. The Morgan fingerprint density at radius 2 is 1.68 bits per heavy atom. The largest absolute Gasteiger partial charge is 0.457 e. The highest BCUT2D eigenvalue weighted by molar-refractivity contribution is 7.89. The minimum atomic E-state index is -3.63. The molecule has 3 rings (SSSR count). The Balaban J connectivity index is 1.69. The molecule has 2 aromatic carbocycles. The van der Waals surface area contributed by atoms with Crippen LogP contribution in [0.2, 0.25) is 0 Å². The Hall–Kier alpha value is -3.23. The molecule has 0 fully saturated rings. The van der Waals surface area contributed by atoms with Gasteiger partial charge in [0.25, 0.3) is 5.91 Å². The fourth-order valence-electron chi connectivity index (χ4n) is 2.43. The van der Waals surface area contributed by atoms with Crippen LogP contribution in [-0.2, 0) is 10.0 Å². The molecular formula is C20H19N3O4S. The number of anilines is 1. The van der Waals surface area contributed by atoms with Crippen molar-refractivity contribution in [2.24, 2.45) is 0 Å². The SMILES string of the molecule is CCNS(=O)(=O)c1cccc(C(=O)Nc2ccc(Oc3ccncc3)cc2)c1. The van der Waals surface area contributed by atoms with E-state index in [1.807, 2.05) is 0 Å². The summed E-state index contributed by atoms with van der Waals surface area (Å²) in [4.78, 5) is 16.4. The predicted molar refractivity (Wildman–Crippen MR) is 106 cm³/mol. The van der Waals surface area contributed by atoms with Crippen molar-refractivity contribution < 1.29 is 17.9 Å². The molecule has 7 nitrogen and oxygen atoms in total. The average molecular weight is 397 g/mol. The van der Waals surface area contributed by atoms with E-state index in [9.17, 15) is 13.2 Å². The third-order valence-electron chi connectivity index (χ3n) is 3.74. The molecule has 0 saturated carbocycles. The molecular weight excluding hydrogens is 378 g/mol. The normalized spacial score (nSPS) is 11.0. The molecule has 0 spiro atoms. The summed E-state index contributed by atoms with van der Waals surface area (Å²) in [7, 11) is -3.63. The van der Waals surface area contributed by atoms with Gasteiger partial charge in [-0.15, -0.1) is 0 Å². The van der Waals surface area contributed by atoms with Gasteiger partial charge in [0.2, 0.25) is 10.0 Å². The van der Waals surface area contributed by atoms with E-state index in [0.29, 0.717) is 17.2 Å². The van der Waals surface area contributed by atoms with Crippen molar-refractivity contribution in [1.82, 2.24) is 9.71 Å². The second-order valence-electron chi connectivity index (χ2n) is 5.79. The van der Waals surface area contributed by atoms with Crippen LogP contribution < -0.4 is 14.8 Å². The van der Waals surface area contributed by atoms with Crippen molar-refractivity contribution in [3.63, 3.8) is 0 Å². The van der Waals surface area contributed by atoms with E-state index in [1.165, 1.54) is 18.2 Å². The van der Waals surface area contributed by atoms with Gasteiger partial charge in [0.15, 0.2) is 0 Å². The van der Waals surface area contributed by atoms with Crippen LogP contribution >= 0.6 is 0 Å². The molecule has 8 heteroatoms. The molecule has 1 heterocycles. The first-order valence-electron chi connectivity index (χ1n) is 8.57. The smallest absolute Gasteiger partial charge is 0.255 e. The van der Waals surface area contributed by atoms with Gasteiger partial charge in [-0.1, -0.05) is 13.0 Å². The van der Waals surface area contributed by atoms with Gasteiger partial charge >= 0.3 is 0 Å². The Morgan fingerprint density at radius 3 is 2.36 bits per heavy atom. The molecule has 3 aromatic rings. The van der Waals surface area contributed by atoms with Crippen molar-refractivity contribution in [2.75, 3.05) is 11.9 Å². The molecule has 2 N–H and O–H groups in total. The van der Waals surface area contributed by atoms with Gasteiger partial charge in [0, 0.05) is 30.2 Å². The number of nitrogens with zero attached hydrogens (tertiary/aromatic N) is 1. The number of rotatable bonds is 7. The van der Waals surface area contributed by atoms with E-state index in [0.717, 1.165) is 0 Å². The number of hydrogen-bond donors (Lipinski definition) is 2. The fraction of sp³-hybridized carbons (Fsp3) is 0.100. The molecule has 1 aromatic heterocycles. The van der Waals surface area contributed by atoms with Crippen LogP contribution in [0.4, 0.5) is 5.69 Å². The van der Waals surface area contributed by atoms with Gasteiger partial charge in [-0.25, -0.2) is 13.1 Å². The van der Waals surface area contributed by atoms with Gasteiger partial charge in [0.05, 0.1) is 4.90 Å². The number of sulfonamides is 1. The zero-order valence-electron chi connectivity index (χ0n) is 15.1. The lowest BCUT2D eigenvalue weighted by atomic mass is 10.2. The predicted octanol–water partition coefficient (Wildman–Crippen LogP) is 3.42. The zero-order chi connectivity index (χ0) is 20.0. The summed E-state index contributed by atoms with van der Waals surface area (Å²) in [5, 5.41) is 2.74. The van der Waals surface area contributed by atoms with Crippen LogP contribution in [-0.4, -0.2) is 25.9 Å². The second-order valence-corrected chi connectivity index (χ2v) is 7.56. The fourth-order valence-corrected chi connectivity index (χ4v) is 3.52. The molecule has 0 saturated heterocycles. The molecule has 0 aliphatic rings. The number of aromatic nitrogens is 1. The number of carbonyl (C=O) groups excluding carboxylic acids is 1. The van der Waals surface area contributed by atoms with Gasteiger partial charge in [-0.3, -0.25) is 9.78 Å². The maximum absolute atomic E-state index is 12.5. The monoisotopic (exact) mass is 397 g/mol. The van der Waals surface area contributed by atoms with Crippen LogP contribution in [0.1, 0.15) is 17.3 Å². The molecule has 0 aliphatic heterocycles. The summed E-state index contributed by atoms with van der Waals surface area (Å²) in [6.45, 7) is 1.96. The Labute approximate surface area is 163 Å². The first kappa shape index (κ1) is 19.5. The van der Waals surface area contributed by atoms with Gasteiger partial charge in [0.1, 0.15) is 11.5 Å². The van der Waals surface area contributed by atoms with Gasteiger partial charge in [-0.05, 0) is 54.6 Å². The number of pyridine rings is 1. The summed E-state index contributed by atoms with van der Waals surface area (Å²) in [6.07, 6.45) is 3.27. The molecule has 0 unspecified atom stereocenters. The molecule has 28 heavy (non-hydrogen) atoms. The van der Waals surface area contributed by atoms with Crippen LogP contribution in [0.5, 0.6) is 11.5 Å². The maximum Gasteiger partial charge on any atom is 0.255 e. The van der Waals surface area contributed by atoms with Crippen molar-refractivity contribution in [1.29, 1.82) is 0 Å². The van der Waals surface area contributed by atoms with Crippen LogP contribution in [0, 0.1) is 0 Å². The van der Waals surface area contributed by atoms with E-state index in [1.54, 1.807) is 61.8 Å². The number of hydrogen-bond acceptors (Lipinski definition) is 5. The Bertz CT molecular complexity index is 1050. The van der Waals surface area contributed by atoms with Crippen molar-refractivity contribution >= 4 is 21.6 Å². The number of ether oxygens (including phenoxy) is 1. The lowest BCUT2D eigenvalue weighted by Gasteiger charge is -2.09. The van der Waals surface area contributed by atoms with E-state index < -0.39 is 15.9 Å². The highest BCUT2D eigenvalue weighted by atomic mass is 32.2. The van der Waals surface area contributed by atoms with E-state index in [4.69, 9.17) is 4.74 Å². The summed E-state index contributed by atoms with van der Waals surface area (Å²) in [6, 6.07) is 16.2. The quantitative estimate of drug-likeness (QED) is 0.637. The van der Waals surface area contributed by atoms with E-state index in [-0.39, 0.29) is 17.0 Å². The molecule has 0 aliphatic carbocycles. The average Bonchev–Trinajstić information content (AvgIpc) is 2.70. The third-order valence-corrected chi connectivity index (χ3v) is 5.28. The molecule has 0 bridgehead atoms. The van der Waals surface area contributed by atoms with Crippen LogP contribution in [0.25, 0.3) is 0 Å². The highest BCUT2D eigenvalue weighted by Gasteiger charge is 2.15. The summed E-state index contributed by atoms with van der Waals surface area (Å²) >= 11 is 0. The van der Waals surface area contributed by atoms with Crippen molar-refractivity contribution in [3.05, 3.63) is 78.6 Å². The summed E-state index contributed by atoms with van der Waals surface area (Å²) < 4.78 is 32.3. The van der Waals surface area contributed by atoms with Crippen molar-refractivity contribution in [3.8, 4) is 11.5 Å². The third kappa shape index (κ3) is 4.93. The van der Waals surface area contributed by atoms with E-state index in [2.05, 4.69) is 15.0 Å². The Morgan fingerprint density at radius 1 is 1.00 bits per heavy atom. The number of amides is 1. The molecule has 0 atom stereocenters. The Kier molecular flexibility index (Phi) is 6.03. The maximum atomic E-state index is 12.5. The van der Waals surface area contributed by atoms with E-state index >= 15 is 0 Å². The first-order valence-corrected chi connectivity index (χ1v) is 10.1. The lowest BCUT2D eigenvalue weighted by molar-refractivity contribution is 0.102. The van der Waals surface area contributed by atoms with Crippen LogP contribution in [0.15, 0.2) is 78.0 Å². The van der Waals surface area contributed by atoms with Crippen LogP contribution in [0.3, 0.4) is 0 Å². The number of nitrogens with one attached hydrogen (secondary N) is 2. The zero-order valence-corrected chi connectivity index (χ0v) is 15.9. The lowest BCUT2D eigenvalue weighted by Crippen LogP contribution is -2.23. The second kappa shape index (κ2) is 8.64. The van der Waals surface area contributed by atoms with Crippen molar-refractivity contribution in [2.45, 2.75) is 11.8 Å². The van der Waals surface area contributed by atoms with Gasteiger partial charge in [-0.2, -0.15) is 0 Å². The number of carbonyl (C=O) groups is 1. The topological polar surface area (TPSA) is 97.4 Å². The summed E-state index contributed by atoms with van der Waals surface area (Å²) in [5.74, 6) is 0.866.